The van der Waals surface area contributed by atoms with E-state index in [1.165, 1.54) is 0 Å². The molecular formula is C12H22N2O. The van der Waals surface area contributed by atoms with Crippen molar-refractivity contribution in [1.29, 1.82) is 0 Å². The van der Waals surface area contributed by atoms with E-state index in [1.54, 1.807) is 0 Å². The molecule has 2 N–H and O–H groups in total. The fourth-order valence-corrected chi connectivity index (χ4v) is 2.00. The first-order valence-electron chi connectivity index (χ1n) is 5.74. The van der Waals surface area contributed by atoms with E-state index < -0.39 is 0 Å². The number of hydrogen-bond donors (Lipinski definition) is 1. The molecule has 0 spiro atoms. The van der Waals surface area contributed by atoms with Gasteiger partial charge in [0.1, 0.15) is 0 Å². The van der Waals surface area contributed by atoms with E-state index in [4.69, 9.17) is 5.73 Å². The van der Waals surface area contributed by atoms with Crippen LogP contribution in [0.5, 0.6) is 0 Å². The maximum Gasteiger partial charge on any atom is 0.249 e. The number of hydrogen-bond acceptors (Lipinski definition) is 2. The molecule has 1 fully saturated rings. The highest BCUT2D eigenvalue weighted by atomic mass is 16.2. The van der Waals surface area contributed by atoms with Crippen molar-refractivity contribution in [2.45, 2.75) is 39.7 Å². The van der Waals surface area contributed by atoms with Gasteiger partial charge < -0.3 is 10.6 Å². The van der Waals surface area contributed by atoms with Crippen LogP contribution in [0.1, 0.15) is 33.6 Å². The van der Waals surface area contributed by atoms with Crippen molar-refractivity contribution in [3.8, 4) is 0 Å². The molecule has 15 heavy (non-hydrogen) atoms. The molecular weight excluding hydrogens is 188 g/mol. The summed E-state index contributed by atoms with van der Waals surface area (Å²) in [6.45, 7) is 7.51. The van der Waals surface area contributed by atoms with E-state index in [-0.39, 0.29) is 11.9 Å². The molecule has 86 valence electrons. The highest BCUT2D eigenvalue weighted by molar-refractivity contribution is 5.92. The van der Waals surface area contributed by atoms with Crippen LogP contribution in [0, 0.1) is 5.92 Å². The highest BCUT2D eigenvalue weighted by Gasteiger charge is 2.25. The molecule has 3 nitrogen and oxygen atoms in total. The molecule has 2 unspecified atom stereocenters. The Balaban J connectivity index is 2.60. The zero-order chi connectivity index (χ0) is 11.4. The Kier molecular flexibility index (Phi) is 4.33. The van der Waals surface area contributed by atoms with Crippen LogP contribution in [-0.2, 0) is 4.79 Å². The van der Waals surface area contributed by atoms with Gasteiger partial charge in [-0.2, -0.15) is 0 Å². The minimum absolute atomic E-state index is 0.169. The van der Waals surface area contributed by atoms with Crippen LogP contribution < -0.4 is 5.73 Å². The lowest BCUT2D eigenvalue weighted by molar-refractivity contribution is -0.128. The number of piperidine rings is 1. The molecule has 1 aliphatic rings. The van der Waals surface area contributed by atoms with Gasteiger partial charge in [-0.25, -0.2) is 0 Å². The van der Waals surface area contributed by atoms with E-state index in [0.717, 1.165) is 31.5 Å². The summed E-state index contributed by atoms with van der Waals surface area (Å²) in [4.78, 5) is 13.9. The third kappa shape index (κ3) is 3.06. The lowest BCUT2D eigenvalue weighted by Crippen LogP contribution is -2.45. The van der Waals surface area contributed by atoms with Gasteiger partial charge in [-0.05, 0) is 39.5 Å². The first-order chi connectivity index (χ1) is 7.06. The zero-order valence-electron chi connectivity index (χ0n) is 9.99. The Bertz CT molecular complexity index is 258. The van der Waals surface area contributed by atoms with Crippen LogP contribution in [0.15, 0.2) is 11.6 Å². The Hall–Kier alpha value is -0.830. The number of rotatable bonds is 2. The molecule has 3 heteroatoms. The second-order valence-corrected chi connectivity index (χ2v) is 4.48. The maximum atomic E-state index is 11.9. The van der Waals surface area contributed by atoms with Crippen LogP contribution in [0.2, 0.25) is 0 Å². The third-order valence-electron chi connectivity index (χ3n) is 3.26. The topological polar surface area (TPSA) is 46.3 Å². The molecule has 1 amide bonds. The van der Waals surface area contributed by atoms with Gasteiger partial charge in [0, 0.05) is 24.7 Å². The number of nitrogens with two attached hydrogens (primary N) is 1. The average molecular weight is 210 g/mol. The maximum absolute atomic E-state index is 11.9. The molecule has 2 atom stereocenters. The van der Waals surface area contributed by atoms with Gasteiger partial charge in [-0.15, -0.1) is 0 Å². The van der Waals surface area contributed by atoms with E-state index in [9.17, 15) is 4.79 Å². The summed E-state index contributed by atoms with van der Waals surface area (Å²) < 4.78 is 0. The first kappa shape index (κ1) is 12.2. The van der Waals surface area contributed by atoms with Gasteiger partial charge in [0.25, 0.3) is 0 Å². The van der Waals surface area contributed by atoms with Gasteiger partial charge in [0.15, 0.2) is 0 Å². The van der Waals surface area contributed by atoms with Crippen molar-refractivity contribution in [2.24, 2.45) is 11.7 Å². The number of allylic oxidation sites excluding steroid dienone is 1. The summed E-state index contributed by atoms with van der Waals surface area (Å²) in [5, 5.41) is 0. The molecule has 1 aliphatic heterocycles. The normalized spacial score (nSPS) is 25.2. The van der Waals surface area contributed by atoms with E-state index in [1.807, 2.05) is 31.7 Å². The zero-order valence-corrected chi connectivity index (χ0v) is 9.99. The Morgan fingerprint density at radius 1 is 1.60 bits per heavy atom. The van der Waals surface area contributed by atoms with Crippen molar-refractivity contribution < 1.29 is 4.79 Å². The van der Waals surface area contributed by atoms with E-state index in [0.29, 0.717) is 5.92 Å². The average Bonchev–Trinajstić information content (AvgIpc) is 2.27. The number of likely N-dealkylation sites (tertiary alicyclic amines) is 1. The summed E-state index contributed by atoms with van der Waals surface area (Å²) in [7, 11) is 0. The molecule has 1 rings (SSSR count). The summed E-state index contributed by atoms with van der Waals surface area (Å²) in [6.07, 6.45) is 4.10. The quantitative estimate of drug-likeness (QED) is 0.703. The lowest BCUT2D eigenvalue weighted by Gasteiger charge is -2.34. The van der Waals surface area contributed by atoms with Crippen LogP contribution in [-0.4, -0.2) is 29.9 Å². The molecule has 0 radical (unpaired) electrons. The predicted octanol–water partition coefficient (Wildman–Crippen LogP) is 1.54. The summed E-state index contributed by atoms with van der Waals surface area (Å²) in [5.41, 5.74) is 6.72. The minimum atomic E-state index is 0.169. The van der Waals surface area contributed by atoms with E-state index >= 15 is 0 Å². The standard InChI is InChI=1S/C12H22N2O/c1-4-9(2)12(15)14-7-5-6-11(8-14)10(3)13/h4,10-11H,5-8,13H2,1-3H3. The van der Waals surface area contributed by atoms with Gasteiger partial charge >= 0.3 is 0 Å². The van der Waals surface area contributed by atoms with Crippen molar-refractivity contribution in [2.75, 3.05) is 13.1 Å². The second-order valence-electron chi connectivity index (χ2n) is 4.48. The SMILES string of the molecule is CC=C(C)C(=O)N1CCCC(C(C)N)C1. The van der Waals surface area contributed by atoms with Crippen molar-refractivity contribution in [3.63, 3.8) is 0 Å². The molecule has 0 bridgehead atoms. The van der Waals surface area contributed by atoms with Gasteiger partial charge in [-0.1, -0.05) is 6.08 Å². The van der Waals surface area contributed by atoms with Gasteiger partial charge in [0.05, 0.1) is 0 Å². The van der Waals surface area contributed by atoms with Crippen LogP contribution >= 0.6 is 0 Å². The summed E-state index contributed by atoms with van der Waals surface area (Å²) in [5.74, 6) is 0.634. The van der Waals surface area contributed by atoms with Crippen LogP contribution in [0.3, 0.4) is 0 Å². The fraction of sp³-hybridized carbons (Fsp3) is 0.750. The first-order valence-corrected chi connectivity index (χ1v) is 5.74. The van der Waals surface area contributed by atoms with Crippen molar-refractivity contribution >= 4 is 5.91 Å². The number of nitrogens with zero attached hydrogens (tertiary/aromatic N) is 1. The Morgan fingerprint density at radius 3 is 2.80 bits per heavy atom. The number of amides is 1. The van der Waals surface area contributed by atoms with Crippen LogP contribution in [0.4, 0.5) is 0 Å². The highest BCUT2D eigenvalue weighted by Crippen LogP contribution is 2.20. The largest absolute Gasteiger partial charge is 0.339 e. The monoisotopic (exact) mass is 210 g/mol. The second kappa shape index (κ2) is 5.31. The smallest absolute Gasteiger partial charge is 0.249 e. The lowest BCUT2D eigenvalue weighted by atomic mass is 9.92. The Morgan fingerprint density at radius 2 is 2.27 bits per heavy atom. The molecule has 0 saturated carbocycles. The Labute approximate surface area is 92.3 Å². The van der Waals surface area contributed by atoms with Gasteiger partial charge in [-0.3, -0.25) is 4.79 Å². The van der Waals surface area contributed by atoms with Crippen LogP contribution in [0.25, 0.3) is 0 Å². The number of carbonyl (C=O) groups excluding carboxylic acids is 1. The molecule has 0 aliphatic carbocycles. The molecule has 0 aromatic carbocycles. The minimum Gasteiger partial charge on any atom is -0.339 e. The fourth-order valence-electron chi connectivity index (χ4n) is 2.00. The summed E-state index contributed by atoms with van der Waals surface area (Å²) >= 11 is 0. The van der Waals surface area contributed by atoms with Crippen molar-refractivity contribution in [3.05, 3.63) is 11.6 Å². The third-order valence-corrected chi connectivity index (χ3v) is 3.26. The molecule has 0 aromatic rings. The summed E-state index contributed by atoms with van der Waals surface area (Å²) in [6, 6.07) is 0.187. The molecule has 0 aromatic heterocycles. The predicted molar refractivity (Wildman–Crippen MR) is 62.4 cm³/mol. The van der Waals surface area contributed by atoms with Crippen molar-refractivity contribution in [1.82, 2.24) is 4.90 Å². The molecule has 1 heterocycles. The van der Waals surface area contributed by atoms with E-state index in [2.05, 4.69) is 0 Å². The number of carbonyl (C=O) groups is 1. The molecule has 1 saturated heterocycles. The van der Waals surface area contributed by atoms with Gasteiger partial charge in [0.2, 0.25) is 5.91 Å².